The van der Waals surface area contributed by atoms with Gasteiger partial charge < -0.3 is 0 Å². The van der Waals surface area contributed by atoms with Gasteiger partial charge in [0.2, 0.25) is 0 Å². The van der Waals surface area contributed by atoms with Gasteiger partial charge in [-0.2, -0.15) is 0 Å². The van der Waals surface area contributed by atoms with E-state index in [1.165, 1.54) is 6.42 Å². The molecule has 0 spiro atoms. The zero-order valence-electron chi connectivity index (χ0n) is 6.95. The molecule has 0 bridgehead atoms. The van der Waals surface area contributed by atoms with Crippen LogP contribution < -0.4 is 0 Å². The minimum Gasteiger partial charge on any atom is -0.287 e. The predicted octanol–water partition coefficient (Wildman–Crippen LogP) is 1.48. The van der Waals surface area contributed by atoms with E-state index in [1.54, 1.807) is 0 Å². The quantitative estimate of drug-likeness (QED) is 0.556. The fourth-order valence-corrected chi connectivity index (χ4v) is 3.98. The fraction of sp³-hybridized carbons (Fsp3) is 1.00. The van der Waals surface area contributed by atoms with Gasteiger partial charge in [0, 0.05) is 5.92 Å². The topological polar surface area (TPSA) is 26.3 Å². The second-order valence-electron chi connectivity index (χ2n) is 3.84. The lowest BCUT2D eigenvalue weighted by Gasteiger charge is -2.08. The lowest BCUT2D eigenvalue weighted by molar-refractivity contribution is 0.209. The summed E-state index contributed by atoms with van der Waals surface area (Å²) in [6.45, 7) is 4.28. The Hall–Kier alpha value is 0.110. The minimum absolute atomic E-state index is 0.228. The van der Waals surface area contributed by atoms with Gasteiger partial charge >= 0.3 is 0 Å². The molecular weight excluding hydrogens is 160 g/mol. The molecule has 1 saturated carbocycles. The van der Waals surface area contributed by atoms with Gasteiger partial charge in [-0.15, -0.1) is 0 Å². The molecule has 1 aliphatic heterocycles. The van der Waals surface area contributed by atoms with Crippen LogP contribution in [0.4, 0.5) is 0 Å². The number of fused-ring (bicyclic) bond motifs is 1. The average Bonchev–Trinajstić information content (AvgIpc) is 2.38. The summed E-state index contributed by atoms with van der Waals surface area (Å²) < 4.78 is 16.5. The summed E-state index contributed by atoms with van der Waals surface area (Å²) in [6, 6.07) is 0. The third-order valence-corrected chi connectivity index (χ3v) is 4.41. The molecular formula is C8H14O2S. The van der Waals surface area contributed by atoms with E-state index in [-0.39, 0.29) is 6.10 Å². The molecule has 3 heteroatoms. The molecule has 1 saturated heterocycles. The minimum atomic E-state index is -0.979. The molecule has 0 N–H and O–H groups in total. The summed E-state index contributed by atoms with van der Waals surface area (Å²) in [5.41, 5.74) is 0. The van der Waals surface area contributed by atoms with E-state index in [9.17, 15) is 4.21 Å². The van der Waals surface area contributed by atoms with Gasteiger partial charge in [0.15, 0.2) is 11.1 Å². The van der Waals surface area contributed by atoms with Crippen LogP contribution in [0, 0.1) is 11.8 Å². The molecule has 5 unspecified atom stereocenters. The summed E-state index contributed by atoms with van der Waals surface area (Å²) in [4.78, 5) is 0. The summed E-state index contributed by atoms with van der Waals surface area (Å²) >= 11 is -0.979. The van der Waals surface area contributed by atoms with Crippen molar-refractivity contribution in [3.05, 3.63) is 0 Å². The molecule has 2 rings (SSSR count). The van der Waals surface area contributed by atoms with Crippen molar-refractivity contribution in [3.8, 4) is 0 Å². The maximum absolute atomic E-state index is 11.3. The van der Waals surface area contributed by atoms with Crippen molar-refractivity contribution in [2.24, 2.45) is 11.8 Å². The van der Waals surface area contributed by atoms with Crippen LogP contribution in [-0.4, -0.2) is 15.6 Å². The van der Waals surface area contributed by atoms with Crippen LogP contribution in [0.5, 0.6) is 0 Å². The van der Waals surface area contributed by atoms with Gasteiger partial charge in [-0.1, -0.05) is 6.92 Å². The zero-order chi connectivity index (χ0) is 8.01. The van der Waals surface area contributed by atoms with E-state index in [1.807, 2.05) is 6.92 Å². The lowest BCUT2D eigenvalue weighted by atomic mass is 10.0. The van der Waals surface area contributed by atoms with Crippen molar-refractivity contribution < 1.29 is 8.39 Å². The Bertz CT molecular complexity index is 193. The predicted molar refractivity (Wildman–Crippen MR) is 44.4 cm³/mol. The highest BCUT2D eigenvalue weighted by Crippen LogP contribution is 2.42. The zero-order valence-corrected chi connectivity index (χ0v) is 7.76. The van der Waals surface area contributed by atoms with Crippen LogP contribution in [0.1, 0.15) is 26.7 Å². The molecule has 0 amide bonds. The molecule has 2 fully saturated rings. The maximum Gasteiger partial charge on any atom is 0.159 e. The Morgan fingerprint density at radius 3 is 2.73 bits per heavy atom. The second-order valence-corrected chi connectivity index (χ2v) is 5.16. The highest BCUT2D eigenvalue weighted by Gasteiger charge is 2.46. The Balaban J connectivity index is 2.16. The van der Waals surface area contributed by atoms with Crippen molar-refractivity contribution in [1.29, 1.82) is 0 Å². The maximum atomic E-state index is 11.3. The van der Waals surface area contributed by atoms with Gasteiger partial charge in [0.05, 0.1) is 11.4 Å². The smallest absolute Gasteiger partial charge is 0.159 e. The molecule has 1 aliphatic carbocycles. The number of hydrogen-bond donors (Lipinski definition) is 0. The van der Waals surface area contributed by atoms with Gasteiger partial charge in [0.25, 0.3) is 0 Å². The summed E-state index contributed by atoms with van der Waals surface area (Å²) in [7, 11) is 0. The molecule has 0 aromatic carbocycles. The first-order chi connectivity index (χ1) is 5.18. The largest absolute Gasteiger partial charge is 0.287 e. The highest BCUT2D eigenvalue weighted by molar-refractivity contribution is 7.81. The SMILES string of the molecule is CC1CC2C(C)OS(=O)C2C1. The molecule has 5 atom stereocenters. The number of hydrogen-bond acceptors (Lipinski definition) is 2. The van der Waals surface area contributed by atoms with E-state index >= 15 is 0 Å². The van der Waals surface area contributed by atoms with E-state index in [0.717, 1.165) is 12.3 Å². The first kappa shape index (κ1) is 7.74. The Morgan fingerprint density at radius 1 is 1.36 bits per heavy atom. The van der Waals surface area contributed by atoms with Crippen LogP contribution in [0.25, 0.3) is 0 Å². The van der Waals surface area contributed by atoms with Gasteiger partial charge in [-0.3, -0.25) is 4.18 Å². The van der Waals surface area contributed by atoms with Crippen LogP contribution in [0.15, 0.2) is 0 Å². The van der Waals surface area contributed by atoms with E-state index in [2.05, 4.69) is 6.92 Å². The third-order valence-electron chi connectivity index (χ3n) is 2.88. The number of rotatable bonds is 0. The van der Waals surface area contributed by atoms with Crippen molar-refractivity contribution in [2.45, 2.75) is 38.0 Å². The molecule has 0 aromatic rings. The summed E-state index contributed by atoms with van der Waals surface area (Å²) in [5, 5.41) is 0.347. The molecule has 64 valence electrons. The molecule has 11 heavy (non-hydrogen) atoms. The van der Waals surface area contributed by atoms with Gasteiger partial charge in [0.1, 0.15) is 0 Å². The lowest BCUT2D eigenvalue weighted by Crippen LogP contribution is -2.15. The summed E-state index contributed by atoms with van der Waals surface area (Å²) in [5.74, 6) is 1.33. The van der Waals surface area contributed by atoms with E-state index in [4.69, 9.17) is 4.18 Å². The van der Waals surface area contributed by atoms with Crippen LogP contribution in [0.2, 0.25) is 0 Å². The van der Waals surface area contributed by atoms with E-state index < -0.39 is 11.1 Å². The Labute approximate surface area is 70.0 Å². The Kier molecular flexibility index (Phi) is 1.80. The Morgan fingerprint density at radius 2 is 2.09 bits per heavy atom. The van der Waals surface area contributed by atoms with E-state index in [0.29, 0.717) is 11.2 Å². The average molecular weight is 174 g/mol. The van der Waals surface area contributed by atoms with Crippen molar-refractivity contribution in [1.82, 2.24) is 0 Å². The molecule has 2 nitrogen and oxygen atoms in total. The van der Waals surface area contributed by atoms with Crippen molar-refractivity contribution in [2.75, 3.05) is 0 Å². The molecule has 2 aliphatic rings. The van der Waals surface area contributed by atoms with Crippen molar-refractivity contribution in [3.63, 3.8) is 0 Å². The fourth-order valence-electron chi connectivity index (χ4n) is 2.29. The second kappa shape index (κ2) is 2.56. The third kappa shape index (κ3) is 1.14. The normalized spacial score (nSPS) is 56.4. The van der Waals surface area contributed by atoms with Crippen LogP contribution in [-0.2, 0) is 15.3 Å². The van der Waals surface area contributed by atoms with Gasteiger partial charge in [-0.25, -0.2) is 4.21 Å². The molecule has 0 aromatic heterocycles. The van der Waals surface area contributed by atoms with Crippen molar-refractivity contribution >= 4 is 11.1 Å². The highest BCUT2D eigenvalue weighted by atomic mass is 32.2. The molecule has 0 radical (unpaired) electrons. The monoisotopic (exact) mass is 174 g/mol. The standard InChI is InChI=1S/C8H14O2S/c1-5-3-7-6(2)10-11(9)8(7)4-5/h5-8H,3-4H2,1-2H3. The first-order valence-electron chi connectivity index (χ1n) is 4.26. The summed E-state index contributed by atoms with van der Waals surface area (Å²) in [6.07, 6.45) is 2.53. The first-order valence-corrected chi connectivity index (χ1v) is 5.40. The van der Waals surface area contributed by atoms with Crippen LogP contribution >= 0.6 is 0 Å². The molecule has 1 heterocycles. The van der Waals surface area contributed by atoms with Crippen LogP contribution in [0.3, 0.4) is 0 Å². The van der Waals surface area contributed by atoms with Gasteiger partial charge in [-0.05, 0) is 25.7 Å².